The predicted octanol–water partition coefficient (Wildman–Crippen LogP) is 12.3. The van der Waals surface area contributed by atoms with Crippen molar-refractivity contribution in [2.45, 2.75) is 186 Å². The summed E-state index contributed by atoms with van der Waals surface area (Å²) in [7, 11) is 0. The van der Waals surface area contributed by atoms with Crippen molar-refractivity contribution in [1.29, 1.82) is 0 Å². The average molecular weight is 653 g/mol. The Labute approximate surface area is 297 Å². The van der Waals surface area contributed by atoms with E-state index < -0.39 is 6.10 Å². The van der Waals surface area contributed by atoms with Crippen LogP contribution in [0.1, 0.15) is 180 Å². The normalized spacial score (nSPS) is 11.8. The summed E-state index contributed by atoms with van der Waals surface area (Å²) >= 11 is 0. The first-order valence-corrected chi connectivity index (χ1v) is 19.4. The molecule has 0 rings (SSSR count). The summed E-state index contributed by atoms with van der Waals surface area (Å²) in [6, 6.07) is 0. The molecule has 0 amide bonds. The maximum absolute atomic E-state index is 11.8. The lowest BCUT2D eigenvalue weighted by molar-refractivity contribution is -0.108. The number of unbranched alkanes of at least 4 members (excludes halogenated alkanes) is 24. The summed E-state index contributed by atoms with van der Waals surface area (Å²) in [5, 5.41) is 9.24. The summed E-state index contributed by atoms with van der Waals surface area (Å²) in [5.74, 6) is 15.8. The third kappa shape index (κ3) is 39.0. The number of rotatable bonds is 31. The van der Waals surface area contributed by atoms with E-state index in [-0.39, 0.29) is 5.78 Å². The predicted molar refractivity (Wildman–Crippen MR) is 210 cm³/mol. The van der Waals surface area contributed by atoms with Crippen molar-refractivity contribution in [3.05, 3.63) is 48.6 Å². The third-order valence-electron chi connectivity index (χ3n) is 8.27. The minimum absolute atomic E-state index is 0.266. The smallest absolute Gasteiger partial charge is 0.279 e. The second kappa shape index (κ2) is 40.0. The van der Waals surface area contributed by atoms with Crippen LogP contribution >= 0.6 is 0 Å². The largest absolute Gasteiger partial charge is 0.377 e. The van der Waals surface area contributed by atoms with Crippen molar-refractivity contribution in [3.63, 3.8) is 0 Å². The minimum Gasteiger partial charge on any atom is -0.377 e. The van der Waals surface area contributed by atoms with Gasteiger partial charge in [-0.15, -0.1) is 12.8 Å². The Morgan fingerprint density at radius 2 is 0.812 bits per heavy atom. The second-order valence-electron chi connectivity index (χ2n) is 12.8. The van der Waals surface area contributed by atoms with E-state index in [1.165, 1.54) is 109 Å². The molecular formula is C46H68O2. The van der Waals surface area contributed by atoms with Gasteiger partial charge in [-0.1, -0.05) is 137 Å². The molecule has 1 N–H and O–H groups in total. The highest BCUT2D eigenvalue weighted by molar-refractivity contribution is 6.08. The molecule has 0 aromatic heterocycles. The van der Waals surface area contributed by atoms with Gasteiger partial charge in [-0.25, -0.2) is 0 Å². The van der Waals surface area contributed by atoms with Gasteiger partial charge in [-0.2, -0.15) is 0 Å². The molecule has 0 radical (unpaired) electrons. The molecule has 2 heteroatoms. The Hall–Kier alpha value is -3.17. The lowest BCUT2D eigenvalue weighted by Gasteiger charge is -2.02. The summed E-state index contributed by atoms with van der Waals surface area (Å²) in [4.78, 5) is 11.8. The molecule has 0 unspecified atom stereocenters. The molecule has 0 spiro atoms. The molecule has 0 aromatic carbocycles. The number of hydrogen-bond donors (Lipinski definition) is 1. The molecule has 0 saturated heterocycles. The van der Waals surface area contributed by atoms with Gasteiger partial charge in [0.05, 0.1) is 0 Å². The van der Waals surface area contributed by atoms with Crippen molar-refractivity contribution in [2.24, 2.45) is 0 Å². The molecule has 1 atom stereocenters. The molecule has 0 fully saturated rings. The van der Waals surface area contributed by atoms with Crippen molar-refractivity contribution in [1.82, 2.24) is 0 Å². The van der Waals surface area contributed by atoms with Crippen molar-refractivity contribution in [2.75, 3.05) is 0 Å². The first kappa shape index (κ1) is 44.8. The van der Waals surface area contributed by atoms with Gasteiger partial charge in [0, 0.05) is 12.8 Å². The van der Waals surface area contributed by atoms with Crippen molar-refractivity contribution in [3.8, 4) is 48.4 Å². The quantitative estimate of drug-likeness (QED) is 0.0350. The van der Waals surface area contributed by atoms with Gasteiger partial charge >= 0.3 is 0 Å². The average Bonchev–Trinajstić information content (AvgIpc) is 3.09. The minimum atomic E-state index is -0.776. The van der Waals surface area contributed by atoms with E-state index in [9.17, 15) is 9.90 Å². The first-order valence-electron chi connectivity index (χ1n) is 19.4. The number of aliphatic hydroxyl groups is 1. The molecule has 2 nitrogen and oxygen atoms in total. The highest BCUT2D eigenvalue weighted by Crippen LogP contribution is 2.13. The number of terminal acetylenes is 2. The second-order valence-corrected chi connectivity index (χ2v) is 12.8. The van der Waals surface area contributed by atoms with Crippen molar-refractivity contribution >= 4 is 5.78 Å². The number of hydrogen-bond acceptors (Lipinski definition) is 2. The van der Waals surface area contributed by atoms with Gasteiger partial charge in [0.15, 0.2) is 0 Å². The molecule has 48 heavy (non-hydrogen) atoms. The van der Waals surface area contributed by atoms with E-state index in [4.69, 9.17) is 12.8 Å². The van der Waals surface area contributed by atoms with Crippen LogP contribution in [0.25, 0.3) is 0 Å². The molecule has 0 aliphatic carbocycles. The summed E-state index contributed by atoms with van der Waals surface area (Å²) in [5.41, 5.74) is 0. The van der Waals surface area contributed by atoms with Crippen LogP contribution in [0.5, 0.6) is 0 Å². The van der Waals surface area contributed by atoms with E-state index in [1.807, 2.05) is 12.2 Å². The fourth-order valence-corrected chi connectivity index (χ4v) is 5.34. The molecule has 0 aliphatic rings. The highest BCUT2D eigenvalue weighted by Gasteiger charge is 1.95. The molecule has 0 aromatic rings. The van der Waals surface area contributed by atoms with Crippen LogP contribution < -0.4 is 0 Å². The lowest BCUT2D eigenvalue weighted by atomic mass is 10.0. The Morgan fingerprint density at radius 3 is 1.25 bits per heavy atom. The zero-order valence-corrected chi connectivity index (χ0v) is 30.5. The standard InChI is InChI=1S/C46H68O2/c1-3-5-6-7-8-9-10-11-12-13-14-15-16-17-18-19-20-21-22-23-24-25-26-27-28-29-30-34-37-40-43-46(48)44-41-38-35-32-31-33-36-39-42-45(47)4-2/h1-2,5-6,21-22,27-28,39,42,45,47H,7-20,23-26,29-38H2/b6-5-,22-21-,28-27-,42-39+/t45-/m1/s1. The number of ketones is 1. The Bertz CT molecular complexity index is 1070. The Kier molecular flexibility index (Phi) is 37.4. The fourth-order valence-electron chi connectivity index (χ4n) is 5.34. The van der Waals surface area contributed by atoms with Crippen LogP contribution in [0.3, 0.4) is 0 Å². The van der Waals surface area contributed by atoms with Crippen LogP contribution in [-0.4, -0.2) is 17.0 Å². The van der Waals surface area contributed by atoms with Gasteiger partial charge < -0.3 is 5.11 Å². The zero-order chi connectivity index (χ0) is 34.9. The Balaban J connectivity index is 3.41. The topological polar surface area (TPSA) is 37.3 Å². The monoisotopic (exact) mass is 653 g/mol. The van der Waals surface area contributed by atoms with Crippen LogP contribution in [-0.2, 0) is 4.79 Å². The first-order chi connectivity index (χ1) is 23.7. The summed E-state index contributed by atoms with van der Waals surface area (Å²) < 4.78 is 0. The summed E-state index contributed by atoms with van der Waals surface area (Å²) in [6.45, 7) is 0. The van der Waals surface area contributed by atoms with Crippen LogP contribution in [0.4, 0.5) is 0 Å². The number of carbonyl (C=O) groups excluding carboxylic acids is 1. The maximum Gasteiger partial charge on any atom is 0.279 e. The van der Waals surface area contributed by atoms with E-state index in [2.05, 4.69) is 65.9 Å². The van der Waals surface area contributed by atoms with E-state index in [0.29, 0.717) is 0 Å². The van der Waals surface area contributed by atoms with Gasteiger partial charge in [-0.3, -0.25) is 4.79 Å². The van der Waals surface area contributed by atoms with E-state index in [0.717, 1.165) is 70.6 Å². The van der Waals surface area contributed by atoms with Crippen LogP contribution in [0, 0.1) is 48.4 Å². The maximum atomic E-state index is 11.8. The number of aliphatic hydroxyl groups excluding tert-OH is 1. The van der Waals surface area contributed by atoms with Gasteiger partial charge in [0.25, 0.3) is 5.78 Å². The van der Waals surface area contributed by atoms with Crippen LogP contribution in [0.2, 0.25) is 0 Å². The van der Waals surface area contributed by atoms with Crippen molar-refractivity contribution < 1.29 is 9.90 Å². The number of carbonyl (C=O) groups is 1. The Morgan fingerprint density at radius 1 is 0.479 bits per heavy atom. The van der Waals surface area contributed by atoms with Crippen LogP contribution in [0.15, 0.2) is 48.6 Å². The zero-order valence-electron chi connectivity index (χ0n) is 30.5. The number of Topliss-reactive ketones (excluding diaryl/α,β-unsaturated/α-hetero) is 1. The van der Waals surface area contributed by atoms with E-state index >= 15 is 0 Å². The van der Waals surface area contributed by atoms with Gasteiger partial charge in [0.1, 0.15) is 6.10 Å². The molecule has 0 bridgehead atoms. The fraction of sp³-hybridized carbons (Fsp3) is 0.630. The SMILES string of the molecule is C#C/C=C\CCCCCCCCCCCCCC/C=C\CCCC/C=C\CCCCC#CC(=O)C#CCCCCCC/C=C/[C@H](O)C#C. The summed E-state index contributed by atoms with van der Waals surface area (Å²) in [6.07, 6.45) is 60.2. The molecule has 0 heterocycles. The molecule has 0 saturated carbocycles. The molecule has 264 valence electrons. The lowest BCUT2D eigenvalue weighted by Crippen LogP contribution is -1.95. The number of allylic oxidation sites excluding steroid dienone is 7. The van der Waals surface area contributed by atoms with Gasteiger partial charge in [0.2, 0.25) is 0 Å². The molecule has 0 aliphatic heterocycles. The molecular weight excluding hydrogens is 585 g/mol. The van der Waals surface area contributed by atoms with E-state index in [1.54, 1.807) is 6.08 Å². The van der Waals surface area contributed by atoms with Gasteiger partial charge in [-0.05, 0) is 114 Å². The highest BCUT2D eigenvalue weighted by atomic mass is 16.3. The third-order valence-corrected chi connectivity index (χ3v) is 8.27.